The fourth-order valence-corrected chi connectivity index (χ4v) is 3.02. The van der Waals surface area contributed by atoms with E-state index < -0.39 is 0 Å². The maximum Gasteiger partial charge on any atom is 0.222 e. The normalized spacial score (nSPS) is 11.7. The summed E-state index contributed by atoms with van der Waals surface area (Å²) in [6, 6.07) is -0.147. The minimum absolute atomic E-state index is 0.0142. The van der Waals surface area contributed by atoms with Crippen molar-refractivity contribution >= 4 is 17.8 Å². The average Bonchev–Trinajstić information content (AvgIpc) is 2.68. The van der Waals surface area contributed by atoms with Crippen molar-refractivity contribution in [3.8, 4) is 0 Å². The van der Waals surface area contributed by atoms with Gasteiger partial charge in [0.25, 0.3) is 0 Å². The van der Waals surface area contributed by atoms with Gasteiger partial charge in [-0.3, -0.25) is 14.6 Å². The van der Waals surface area contributed by atoms with Crippen LogP contribution >= 0.6 is 0 Å². The van der Waals surface area contributed by atoms with Crippen molar-refractivity contribution in [1.29, 1.82) is 0 Å². The predicted molar refractivity (Wildman–Crippen MR) is 124 cm³/mol. The first-order valence-corrected chi connectivity index (χ1v) is 11.5. The lowest BCUT2D eigenvalue weighted by Crippen LogP contribution is -2.37. The molecular formula is C21H45N7O2. The smallest absolute Gasteiger partial charge is 0.222 e. The number of amides is 2. The Hall–Kier alpha value is -1.87. The topological polar surface area (TPSA) is 161 Å². The van der Waals surface area contributed by atoms with Gasteiger partial charge < -0.3 is 33.2 Å². The summed E-state index contributed by atoms with van der Waals surface area (Å²) in [5, 5.41) is 9.14. The molecule has 0 aliphatic carbocycles. The lowest BCUT2D eigenvalue weighted by molar-refractivity contribution is -0.123. The van der Waals surface area contributed by atoms with Gasteiger partial charge >= 0.3 is 0 Å². The summed E-state index contributed by atoms with van der Waals surface area (Å²) in [7, 11) is 0. The van der Waals surface area contributed by atoms with Crippen LogP contribution in [0, 0.1) is 0 Å². The van der Waals surface area contributed by atoms with E-state index in [0.717, 1.165) is 70.9 Å². The van der Waals surface area contributed by atoms with Crippen LogP contribution in [-0.2, 0) is 9.59 Å². The first kappa shape index (κ1) is 28.1. The van der Waals surface area contributed by atoms with E-state index in [0.29, 0.717) is 32.5 Å². The molecule has 0 aliphatic heterocycles. The molecule has 9 nitrogen and oxygen atoms in total. The van der Waals surface area contributed by atoms with E-state index in [2.05, 4.69) is 20.9 Å². The molecule has 0 radical (unpaired) electrons. The van der Waals surface area contributed by atoms with Crippen LogP contribution in [-0.4, -0.2) is 56.5 Å². The largest absolute Gasteiger partial charge is 0.370 e. The third-order valence-corrected chi connectivity index (χ3v) is 4.67. The standard InChI is InChI=1S/C21H45N7O2/c1-18(17-20(30)26-15-9-8-13-25-14-10-12-22)28-19(29)11-6-4-2-3-5-7-16-27-21(23)24/h18,25H,2-17,22H2,1H3,(H,26,30)(H,28,29)(H4,23,24,27). The Bertz CT molecular complexity index is 468. The number of carbonyl (C=O) groups is 2. The number of nitrogens with zero attached hydrogens (tertiary/aromatic N) is 1. The first-order valence-electron chi connectivity index (χ1n) is 11.5. The highest BCUT2D eigenvalue weighted by atomic mass is 16.2. The zero-order valence-electron chi connectivity index (χ0n) is 18.9. The molecule has 0 saturated heterocycles. The zero-order valence-corrected chi connectivity index (χ0v) is 18.9. The maximum absolute atomic E-state index is 12.0. The molecule has 9 heteroatoms. The van der Waals surface area contributed by atoms with Crippen LogP contribution in [0.3, 0.4) is 0 Å². The fourth-order valence-electron chi connectivity index (χ4n) is 3.02. The highest BCUT2D eigenvalue weighted by molar-refractivity contribution is 5.79. The number of carbonyl (C=O) groups excluding carboxylic acids is 2. The number of guanidine groups is 1. The molecule has 9 N–H and O–H groups in total. The number of unbranched alkanes of at least 4 members (excludes halogenated alkanes) is 6. The van der Waals surface area contributed by atoms with Gasteiger partial charge in [0.1, 0.15) is 0 Å². The van der Waals surface area contributed by atoms with Gasteiger partial charge in [-0.1, -0.05) is 25.7 Å². The average molecular weight is 428 g/mol. The Morgan fingerprint density at radius 2 is 1.47 bits per heavy atom. The second-order valence-corrected chi connectivity index (χ2v) is 7.80. The summed E-state index contributed by atoms with van der Waals surface area (Å²) in [5.74, 6) is 0.154. The molecule has 0 heterocycles. The van der Waals surface area contributed by atoms with E-state index in [1.54, 1.807) is 0 Å². The summed E-state index contributed by atoms with van der Waals surface area (Å²) < 4.78 is 0. The van der Waals surface area contributed by atoms with Gasteiger partial charge in [-0.05, 0) is 58.7 Å². The van der Waals surface area contributed by atoms with Crippen molar-refractivity contribution in [2.45, 2.75) is 83.6 Å². The van der Waals surface area contributed by atoms with Crippen molar-refractivity contribution in [3.63, 3.8) is 0 Å². The minimum Gasteiger partial charge on any atom is -0.370 e. The summed E-state index contributed by atoms with van der Waals surface area (Å²) in [6.45, 7) is 5.82. The number of aliphatic imine (C=N–C) groups is 1. The highest BCUT2D eigenvalue weighted by Gasteiger charge is 2.11. The predicted octanol–water partition coefficient (Wildman–Crippen LogP) is 0.720. The number of rotatable bonds is 20. The number of nitrogens with two attached hydrogens (primary N) is 3. The van der Waals surface area contributed by atoms with Crippen molar-refractivity contribution < 1.29 is 9.59 Å². The molecule has 1 atom stereocenters. The van der Waals surface area contributed by atoms with Crippen LogP contribution in [0.15, 0.2) is 4.99 Å². The number of nitrogens with one attached hydrogen (secondary N) is 3. The van der Waals surface area contributed by atoms with Crippen molar-refractivity contribution in [2.75, 3.05) is 32.7 Å². The number of hydrogen-bond acceptors (Lipinski definition) is 5. The van der Waals surface area contributed by atoms with E-state index in [-0.39, 0.29) is 23.8 Å². The Morgan fingerprint density at radius 3 is 2.17 bits per heavy atom. The van der Waals surface area contributed by atoms with Gasteiger partial charge in [0.15, 0.2) is 5.96 Å². The Morgan fingerprint density at radius 1 is 0.833 bits per heavy atom. The van der Waals surface area contributed by atoms with Gasteiger partial charge in [-0.25, -0.2) is 0 Å². The maximum atomic E-state index is 12.0. The Balaban J connectivity index is 3.53. The second kappa shape index (κ2) is 20.4. The molecule has 0 aromatic rings. The van der Waals surface area contributed by atoms with E-state index in [1.165, 1.54) is 0 Å². The zero-order chi connectivity index (χ0) is 22.5. The van der Waals surface area contributed by atoms with E-state index in [9.17, 15) is 9.59 Å². The van der Waals surface area contributed by atoms with Crippen LogP contribution < -0.4 is 33.2 Å². The highest BCUT2D eigenvalue weighted by Crippen LogP contribution is 2.07. The molecule has 0 aromatic carbocycles. The molecule has 30 heavy (non-hydrogen) atoms. The fraction of sp³-hybridized carbons (Fsp3) is 0.857. The SMILES string of the molecule is CC(CC(=O)NCCCCNCCCN)NC(=O)CCCCCCCCN=C(N)N. The molecule has 0 rings (SSSR count). The van der Waals surface area contributed by atoms with Gasteiger partial charge in [0, 0.05) is 32.0 Å². The van der Waals surface area contributed by atoms with Crippen LogP contribution in [0.5, 0.6) is 0 Å². The van der Waals surface area contributed by atoms with Gasteiger partial charge in [-0.2, -0.15) is 0 Å². The van der Waals surface area contributed by atoms with Gasteiger partial charge in [-0.15, -0.1) is 0 Å². The summed E-state index contributed by atoms with van der Waals surface area (Å²) >= 11 is 0. The summed E-state index contributed by atoms with van der Waals surface area (Å²) in [6.07, 6.45) is 10.0. The van der Waals surface area contributed by atoms with Crippen LogP contribution in [0.4, 0.5) is 0 Å². The Kier molecular flexibility index (Phi) is 19.1. The third-order valence-electron chi connectivity index (χ3n) is 4.67. The molecule has 0 spiro atoms. The monoisotopic (exact) mass is 427 g/mol. The molecule has 1 unspecified atom stereocenters. The molecule has 0 fully saturated rings. The van der Waals surface area contributed by atoms with E-state index in [4.69, 9.17) is 17.2 Å². The molecular weight excluding hydrogens is 382 g/mol. The molecule has 2 amide bonds. The lowest BCUT2D eigenvalue weighted by Gasteiger charge is -2.14. The van der Waals surface area contributed by atoms with Crippen molar-refractivity contribution in [3.05, 3.63) is 0 Å². The molecule has 0 saturated carbocycles. The molecule has 0 aromatic heterocycles. The van der Waals surface area contributed by atoms with Gasteiger partial charge in [0.2, 0.25) is 11.8 Å². The summed E-state index contributed by atoms with van der Waals surface area (Å²) in [4.78, 5) is 27.9. The van der Waals surface area contributed by atoms with Crippen molar-refractivity contribution in [2.24, 2.45) is 22.2 Å². The van der Waals surface area contributed by atoms with Crippen LogP contribution in [0.1, 0.15) is 77.6 Å². The van der Waals surface area contributed by atoms with Gasteiger partial charge in [0.05, 0.1) is 0 Å². The lowest BCUT2D eigenvalue weighted by atomic mass is 10.1. The quantitative estimate of drug-likeness (QED) is 0.0953. The van der Waals surface area contributed by atoms with Crippen LogP contribution in [0.2, 0.25) is 0 Å². The molecule has 0 bridgehead atoms. The van der Waals surface area contributed by atoms with Crippen molar-refractivity contribution in [1.82, 2.24) is 16.0 Å². The minimum atomic E-state index is -0.147. The molecule has 0 aliphatic rings. The second-order valence-electron chi connectivity index (χ2n) is 7.80. The van der Waals surface area contributed by atoms with E-state index in [1.807, 2.05) is 6.92 Å². The number of hydrogen-bond donors (Lipinski definition) is 6. The van der Waals surface area contributed by atoms with E-state index >= 15 is 0 Å². The van der Waals surface area contributed by atoms with Crippen LogP contribution in [0.25, 0.3) is 0 Å². The first-order chi connectivity index (χ1) is 14.5. The summed E-state index contributed by atoms with van der Waals surface area (Å²) in [5.41, 5.74) is 16.0. The molecule has 176 valence electrons. The third kappa shape index (κ3) is 20.9. The Labute approximate surface area is 182 Å².